The van der Waals surface area contributed by atoms with Crippen LogP contribution in [0.25, 0.3) is 11.0 Å². The first kappa shape index (κ1) is 21.5. The van der Waals surface area contributed by atoms with Crippen molar-refractivity contribution in [2.75, 3.05) is 13.7 Å². The van der Waals surface area contributed by atoms with Gasteiger partial charge in [-0.25, -0.2) is 4.98 Å². The molecule has 6 nitrogen and oxygen atoms in total. The minimum Gasteiger partial charge on any atom is -0.497 e. The van der Waals surface area contributed by atoms with Crippen molar-refractivity contribution in [2.45, 2.75) is 37.9 Å². The first-order chi connectivity index (χ1) is 14.7. The van der Waals surface area contributed by atoms with Crippen LogP contribution >= 0.6 is 11.3 Å². The highest BCUT2D eigenvalue weighted by Gasteiger charge is 2.42. The van der Waals surface area contributed by atoms with E-state index in [1.807, 2.05) is 18.2 Å². The Morgan fingerprint density at radius 3 is 2.90 bits per heavy atom. The van der Waals surface area contributed by atoms with Crippen LogP contribution in [0.2, 0.25) is 0 Å². The number of halogens is 3. The van der Waals surface area contributed by atoms with Gasteiger partial charge in [-0.05, 0) is 43.5 Å². The fourth-order valence-electron chi connectivity index (χ4n) is 3.53. The summed E-state index contributed by atoms with van der Waals surface area (Å²) in [5.74, 6) is 1.96. The summed E-state index contributed by atoms with van der Waals surface area (Å²) in [5.41, 5.74) is 1.76. The number of rotatable bonds is 8. The SMILES string of the molecule is COc1ccc2nc([C@@H]3C[C@@H]3CC(=O)N[C@H](C)c3ccc(OCC(F)(F)F)s3)[nH]c2c1. The number of nitrogens with zero attached hydrogens (tertiary/aromatic N) is 1. The number of aromatic amines is 1. The fraction of sp³-hybridized carbons (Fsp3) is 0.429. The number of aromatic nitrogens is 2. The standard InChI is InChI=1S/C21H22F3N3O3S/c1-11(17-5-6-19(31-17)30-10-21(22,23)24)25-18(28)8-12-7-14(12)20-26-15-4-3-13(29-2)9-16(15)27-20/h3-6,9,11-12,14H,7-8,10H2,1-2H3,(H,25,28)(H,26,27)/t11-,12-,14-/m1/s1. The van der Waals surface area contributed by atoms with Crippen molar-refractivity contribution >= 4 is 28.3 Å². The van der Waals surface area contributed by atoms with Crippen LogP contribution in [0.4, 0.5) is 13.2 Å². The number of methoxy groups -OCH3 is 1. The van der Waals surface area contributed by atoms with Crippen LogP contribution < -0.4 is 14.8 Å². The zero-order valence-corrected chi connectivity index (χ0v) is 17.8. The van der Waals surface area contributed by atoms with Crippen molar-refractivity contribution in [3.8, 4) is 10.8 Å². The van der Waals surface area contributed by atoms with E-state index >= 15 is 0 Å². The number of benzene rings is 1. The quantitative estimate of drug-likeness (QED) is 0.506. The lowest BCUT2D eigenvalue weighted by molar-refractivity contribution is -0.152. The van der Waals surface area contributed by atoms with Crippen molar-refractivity contribution in [2.24, 2.45) is 5.92 Å². The van der Waals surface area contributed by atoms with Crippen molar-refractivity contribution in [3.63, 3.8) is 0 Å². The van der Waals surface area contributed by atoms with Gasteiger partial charge in [-0.1, -0.05) is 0 Å². The van der Waals surface area contributed by atoms with Gasteiger partial charge >= 0.3 is 6.18 Å². The van der Waals surface area contributed by atoms with E-state index in [4.69, 9.17) is 9.47 Å². The highest BCUT2D eigenvalue weighted by Crippen LogP contribution is 2.49. The summed E-state index contributed by atoms with van der Waals surface area (Å²) in [5, 5.41) is 3.09. The van der Waals surface area contributed by atoms with Crippen LogP contribution in [0, 0.1) is 5.92 Å². The molecule has 2 aromatic heterocycles. The lowest BCUT2D eigenvalue weighted by Crippen LogP contribution is -2.26. The molecule has 0 aliphatic heterocycles. The maximum atomic E-state index is 12.4. The molecule has 1 saturated carbocycles. The Balaban J connectivity index is 1.28. The van der Waals surface area contributed by atoms with Gasteiger partial charge in [-0.15, -0.1) is 11.3 Å². The van der Waals surface area contributed by atoms with Gasteiger partial charge in [0, 0.05) is 23.3 Å². The lowest BCUT2D eigenvalue weighted by atomic mass is 10.2. The summed E-state index contributed by atoms with van der Waals surface area (Å²) < 4.78 is 46.8. The smallest absolute Gasteiger partial charge is 0.422 e. The number of fused-ring (bicyclic) bond motifs is 1. The third kappa shape index (κ3) is 5.30. The second kappa shape index (κ2) is 8.41. The molecule has 2 N–H and O–H groups in total. The maximum absolute atomic E-state index is 12.4. The maximum Gasteiger partial charge on any atom is 0.422 e. The van der Waals surface area contributed by atoms with E-state index in [0.29, 0.717) is 6.42 Å². The number of thiophene rings is 1. The van der Waals surface area contributed by atoms with Crippen LogP contribution in [0.15, 0.2) is 30.3 Å². The molecule has 1 aliphatic rings. The predicted molar refractivity (Wildman–Crippen MR) is 111 cm³/mol. The number of hydrogen-bond donors (Lipinski definition) is 2. The Kier molecular flexibility index (Phi) is 5.83. The Morgan fingerprint density at radius 1 is 1.35 bits per heavy atom. The van der Waals surface area contributed by atoms with E-state index in [2.05, 4.69) is 15.3 Å². The van der Waals surface area contributed by atoms with Gasteiger partial charge in [0.15, 0.2) is 11.7 Å². The molecule has 0 unspecified atom stereocenters. The Morgan fingerprint density at radius 2 is 2.16 bits per heavy atom. The van der Waals surface area contributed by atoms with E-state index < -0.39 is 12.8 Å². The summed E-state index contributed by atoms with van der Waals surface area (Å²) >= 11 is 1.10. The molecule has 1 aromatic carbocycles. The van der Waals surface area contributed by atoms with Crippen LogP contribution in [-0.2, 0) is 4.79 Å². The van der Waals surface area contributed by atoms with Gasteiger partial charge in [0.2, 0.25) is 5.91 Å². The molecule has 0 radical (unpaired) electrons. The van der Waals surface area contributed by atoms with Gasteiger partial charge in [0.1, 0.15) is 11.6 Å². The molecule has 3 atom stereocenters. The zero-order valence-electron chi connectivity index (χ0n) is 17.0. The third-order valence-corrected chi connectivity index (χ3v) is 6.39. The van der Waals surface area contributed by atoms with Crippen LogP contribution in [-0.4, -0.2) is 35.8 Å². The third-order valence-electron chi connectivity index (χ3n) is 5.21. The Bertz CT molecular complexity index is 1080. The normalized spacial score (nSPS) is 19.3. The van der Waals surface area contributed by atoms with Gasteiger partial charge < -0.3 is 19.8 Å². The molecule has 166 valence electrons. The van der Waals surface area contributed by atoms with E-state index in [9.17, 15) is 18.0 Å². The van der Waals surface area contributed by atoms with Gasteiger partial charge in [0.05, 0.1) is 24.2 Å². The first-order valence-electron chi connectivity index (χ1n) is 9.84. The molecule has 0 saturated heterocycles. The van der Waals surface area contributed by atoms with Crippen molar-refractivity contribution in [3.05, 3.63) is 41.0 Å². The molecule has 0 bridgehead atoms. The highest BCUT2D eigenvalue weighted by molar-refractivity contribution is 7.13. The summed E-state index contributed by atoms with van der Waals surface area (Å²) in [6, 6.07) is 8.50. The highest BCUT2D eigenvalue weighted by atomic mass is 32.1. The van der Waals surface area contributed by atoms with E-state index in [1.54, 1.807) is 20.1 Å². The van der Waals surface area contributed by atoms with Crippen LogP contribution in [0.5, 0.6) is 10.8 Å². The monoisotopic (exact) mass is 453 g/mol. The Hall–Kier alpha value is -2.75. The Labute approximate surface area is 180 Å². The molecule has 4 rings (SSSR count). The molecule has 2 heterocycles. The number of amides is 1. The van der Waals surface area contributed by atoms with Crippen molar-refractivity contribution < 1.29 is 27.4 Å². The predicted octanol–water partition coefficient (Wildman–Crippen LogP) is 4.95. The molecule has 1 aliphatic carbocycles. The summed E-state index contributed by atoms with van der Waals surface area (Å²) in [7, 11) is 1.61. The van der Waals surface area contributed by atoms with Gasteiger partial charge in [0.25, 0.3) is 0 Å². The second-order valence-electron chi connectivity index (χ2n) is 7.66. The number of hydrogen-bond acceptors (Lipinski definition) is 5. The number of carbonyl (C=O) groups is 1. The van der Waals surface area contributed by atoms with Gasteiger partial charge in [-0.2, -0.15) is 13.2 Å². The molecular weight excluding hydrogens is 431 g/mol. The largest absolute Gasteiger partial charge is 0.497 e. The summed E-state index contributed by atoms with van der Waals surface area (Å²) in [6.45, 7) is 0.472. The van der Waals surface area contributed by atoms with Crippen LogP contribution in [0.3, 0.4) is 0 Å². The number of imidazole rings is 1. The lowest BCUT2D eigenvalue weighted by Gasteiger charge is -2.12. The number of ether oxygens (including phenoxy) is 2. The molecule has 31 heavy (non-hydrogen) atoms. The number of alkyl halides is 3. The van der Waals surface area contributed by atoms with Crippen molar-refractivity contribution in [1.29, 1.82) is 0 Å². The average molecular weight is 453 g/mol. The summed E-state index contributed by atoms with van der Waals surface area (Å²) in [6.07, 6.45) is -3.12. The van der Waals surface area contributed by atoms with Crippen molar-refractivity contribution in [1.82, 2.24) is 15.3 Å². The summed E-state index contributed by atoms with van der Waals surface area (Å²) in [4.78, 5) is 21.1. The van der Waals surface area contributed by atoms with E-state index in [0.717, 1.165) is 45.2 Å². The van der Waals surface area contributed by atoms with E-state index in [1.165, 1.54) is 6.07 Å². The molecule has 0 spiro atoms. The van der Waals surface area contributed by atoms with Gasteiger partial charge in [-0.3, -0.25) is 4.79 Å². The minimum atomic E-state index is -4.38. The van der Waals surface area contributed by atoms with E-state index in [-0.39, 0.29) is 28.8 Å². The zero-order chi connectivity index (χ0) is 22.2. The topological polar surface area (TPSA) is 76.2 Å². The minimum absolute atomic E-state index is 0.0936. The average Bonchev–Trinajstić information content (AvgIpc) is 3.14. The molecular formula is C21H22F3N3O3S. The molecule has 10 heteroatoms. The number of carbonyl (C=O) groups excluding carboxylic acids is 1. The number of nitrogens with one attached hydrogen (secondary N) is 2. The molecule has 3 aromatic rings. The first-order valence-corrected chi connectivity index (χ1v) is 10.7. The molecule has 1 amide bonds. The van der Waals surface area contributed by atoms with Crippen LogP contribution in [0.1, 0.15) is 42.4 Å². The fourth-order valence-corrected chi connectivity index (χ4v) is 4.38. The second-order valence-corrected chi connectivity index (χ2v) is 8.74. The number of H-pyrrole nitrogens is 1. The molecule has 1 fully saturated rings.